The molecule has 6 heteroatoms. The first kappa shape index (κ1) is 23.8. The van der Waals surface area contributed by atoms with Gasteiger partial charge in [0.1, 0.15) is 0 Å². The maximum Gasteiger partial charge on any atom is 0.338 e. The van der Waals surface area contributed by atoms with Crippen LogP contribution in [0.25, 0.3) is 39.3 Å². The van der Waals surface area contributed by atoms with Crippen molar-refractivity contribution < 1.29 is 9.90 Å². The van der Waals surface area contributed by atoms with Crippen molar-refractivity contribution in [3.05, 3.63) is 75.4 Å². The molecule has 2 aliphatic heterocycles. The van der Waals surface area contributed by atoms with Crippen molar-refractivity contribution in [2.45, 2.75) is 60.3 Å². The van der Waals surface area contributed by atoms with Crippen molar-refractivity contribution in [2.24, 2.45) is 0 Å². The van der Waals surface area contributed by atoms with E-state index in [1.807, 2.05) is 26.0 Å². The van der Waals surface area contributed by atoms with Gasteiger partial charge < -0.3 is 15.1 Å². The molecule has 8 bridgehead atoms. The summed E-state index contributed by atoms with van der Waals surface area (Å²) in [5.41, 5.74) is 13.3. The highest BCUT2D eigenvalue weighted by molar-refractivity contribution is 6.24. The Balaban J connectivity index is 2.02. The van der Waals surface area contributed by atoms with Gasteiger partial charge in [0.25, 0.3) is 0 Å². The van der Waals surface area contributed by atoms with E-state index in [0.29, 0.717) is 17.0 Å². The smallest absolute Gasteiger partial charge is 0.338 e. The van der Waals surface area contributed by atoms with Crippen LogP contribution in [-0.2, 0) is 17.6 Å². The Hall–Kier alpha value is -3.93. The molecule has 0 saturated carbocycles. The van der Waals surface area contributed by atoms with Crippen molar-refractivity contribution in [2.75, 3.05) is 0 Å². The largest absolute Gasteiger partial charge is 0.478 e. The summed E-state index contributed by atoms with van der Waals surface area (Å²) in [6, 6.07) is 6.23. The van der Waals surface area contributed by atoms with Crippen molar-refractivity contribution in [1.29, 1.82) is 0 Å². The van der Waals surface area contributed by atoms with Gasteiger partial charge in [0.15, 0.2) is 0 Å². The number of carboxylic acids is 1. The number of hydrogen-bond donors (Lipinski definition) is 3. The molecular formula is C30H32N4O2. The number of aryl methyl sites for hydroxylation is 3. The third kappa shape index (κ3) is 3.60. The number of H-pyrrole nitrogens is 2. The quantitative estimate of drug-likeness (QED) is 0.384. The molecule has 3 aromatic rings. The molecule has 0 radical (unpaired) electrons. The Morgan fingerprint density at radius 2 is 1.72 bits per heavy atom. The van der Waals surface area contributed by atoms with E-state index in [2.05, 4.69) is 56.4 Å². The van der Waals surface area contributed by atoms with E-state index in [-0.39, 0.29) is 11.5 Å². The second-order valence-corrected chi connectivity index (χ2v) is 9.90. The molecule has 0 amide bonds. The van der Waals surface area contributed by atoms with Gasteiger partial charge in [-0.2, -0.15) is 0 Å². The number of nitrogens with zero attached hydrogens (tertiary/aromatic N) is 2. The highest BCUT2D eigenvalue weighted by Gasteiger charge is 2.27. The standard InChI is InChI=1S/C30H32N4O2/c1-8-19-15(4)23-11-21-14(3)10-22(31-21)18(7)29-28(30(35)36)17(6)25(34-29)13-27-20(9-2)16(5)24(33-27)12-26(19)32-23/h8,11-14,32-33H,1,9-10H2,2-7H3,(H,35,36). The summed E-state index contributed by atoms with van der Waals surface area (Å²) < 4.78 is 0. The summed E-state index contributed by atoms with van der Waals surface area (Å²) in [4.78, 5) is 29.3. The molecule has 0 aromatic carbocycles. The maximum absolute atomic E-state index is 12.3. The zero-order valence-electron chi connectivity index (χ0n) is 21.8. The molecule has 0 spiro atoms. The summed E-state index contributed by atoms with van der Waals surface area (Å²) in [5.74, 6) is -0.754. The van der Waals surface area contributed by atoms with E-state index >= 15 is 0 Å². The summed E-state index contributed by atoms with van der Waals surface area (Å²) in [7, 11) is 0. The Morgan fingerprint density at radius 3 is 2.39 bits per heavy atom. The summed E-state index contributed by atoms with van der Waals surface area (Å²) in [5, 5.41) is 10.1. The van der Waals surface area contributed by atoms with Gasteiger partial charge >= 0.3 is 5.97 Å². The molecule has 2 aliphatic rings. The highest BCUT2D eigenvalue weighted by Crippen LogP contribution is 2.35. The lowest BCUT2D eigenvalue weighted by atomic mass is 9.99. The molecule has 0 fully saturated rings. The SMILES string of the molecule is C=Cc1c(C)c2cc3nc(c(C)c4nc(cc5[nH]c(cc1[nH]2)c(C)c5CC)C(C)=C4C(=O)O)CC3C. The van der Waals surface area contributed by atoms with E-state index in [4.69, 9.17) is 9.97 Å². The van der Waals surface area contributed by atoms with Crippen LogP contribution in [0.2, 0.25) is 0 Å². The van der Waals surface area contributed by atoms with Crippen LogP contribution in [0.3, 0.4) is 0 Å². The lowest BCUT2D eigenvalue weighted by Crippen LogP contribution is -2.02. The summed E-state index contributed by atoms with van der Waals surface area (Å²) >= 11 is 0. The number of aliphatic carboxylic acids is 1. The van der Waals surface area contributed by atoms with Crippen molar-refractivity contribution in [3.63, 3.8) is 0 Å². The second-order valence-electron chi connectivity index (χ2n) is 9.90. The normalized spacial score (nSPS) is 15.4. The van der Waals surface area contributed by atoms with Crippen LogP contribution in [0.1, 0.15) is 77.3 Å². The Labute approximate surface area is 210 Å². The first-order valence-electron chi connectivity index (χ1n) is 12.4. The number of allylic oxidation sites excluding steroid dienone is 1. The van der Waals surface area contributed by atoms with Crippen LogP contribution in [0.5, 0.6) is 0 Å². The number of carboxylic acid groups (broad SMARTS) is 1. The molecule has 5 heterocycles. The fourth-order valence-corrected chi connectivity index (χ4v) is 5.50. The van der Waals surface area contributed by atoms with Gasteiger partial charge in [0.05, 0.1) is 17.0 Å². The zero-order valence-corrected chi connectivity index (χ0v) is 21.8. The lowest BCUT2D eigenvalue weighted by molar-refractivity contribution is -0.130. The van der Waals surface area contributed by atoms with E-state index in [1.54, 1.807) is 0 Å². The third-order valence-corrected chi connectivity index (χ3v) is 7.74. The molecule has 1 unspecified atom stereocenters. The van der Waals surface area contributed by atoms with Crippen molar-refractivity contribution in [3.8, 4) is 0 Å². The monoisotopic (exact) mass is 480 g/mol. The van der Waals surface area contributed by atoms with E-state index in [1.165, 1.54) is 11.1 Å². The fraction of sp³-hybridized carbons (Fsp3) is 0.300. The Bertz CT molecular complexity index is 1650. The number of nitrogens with one attached hydrogen (secondary N) is 2. The van der Waals surface area contributed by atoms with Gasteiger partial charge in [-0.05, 0) is 86.6 Å². The van der Waals surface area contributed by atoms with Gasteiger partial charge in [-0.1, -0.05) is 26.5 Å². The number of carbonyl (C=O) groups is 1. The lowest BCUT2D eigenvalue weighted by Gasteiger charge is -2.03. The maximum atomic E-state index is 12.3. The molecule has 0 aliphatic carbocycles. The van der Waals surface area contributed by atoms with E-state index in [0.717, 1.165) is 63.0 Å². The van der Waals surface area contributed by atoms with Gasteiger partial charge in [-0.15, -0.1) is 0 Å². The summed E-state index contributed by atoms with van der Waals surface area (Å²) in [6.45, 7) is 16.3. The van der Waals surface area contributed by atoms with Crippen LogP contribution < -0.4 is 0 Å². The predicted molar refractivity (Wildman–Crippen MR) is 147 cm³/mol. The number of rotatable bonds is 3. The summed E-state index contributed by atoms with van der Waals surface area (Å²) in [6.07, 6.45) is 3.49. The van der Waals surface area contributed by atoms with Crippen molar-refractivity contribution in [1.82, 2.24) is 19.9 Å². The average Bonchev–Trinajstić information content (AvgIpc) is 3.53. The van der Waals surface area contributed by atoms with Crippen LogP contribution in [0.15, 0.2) is 24.8 Å². The van der Waals surface area contributed by atoms with E-state index in [9.17, 15) is 9.90 Å². The molecule has 36 heavy (non-hydrogen) atoms. The first-order chi connectivity index (χ1) is 17.1. The molecular weight excluding hydrogens is 448 g/mol. The minimum Gasteiger partial charge on any atom is -0.478 e. The number of fused-ring (bicyclic) bond motifs is 8. The first-order valence-corrected chi connectivity index (χ1v) is 12.4. The van der Waals surface area contributed by atoms with E-state index < -0.39 is 5.97 Å². The predicted octanol–water partition coefficient (Wildman–Crippen LogP) is 6.81. The van der Waals surface area contributed by atoms with Crippen LogP contribution >= 0.6 is 0 Å². The molecule has 6 nitrogen and oxygen atoms in total. The molecule has 3 aromatic heterocycles. The van der Waals surface area contributed by atoms with Crippen LogP contribution in [-0.4, -0.2) is 31.0 Å². The van der Waals surface area contributed by atoms with Gasteiger partial charge in [-0.25, -0.2) is 9.78 Å². The van der Waals surface area contributed by atoms with Crippen molar-refractivity contribution >= 4 is 45.3 Å². The van der Waals surface area contributed by atoms with Crippen LogP contribution in [0, 0.1) is 20.8 Å². The Kier molecular flexibility index (Phi) is 5.70. The fourth-order valence-electron chi connectivity index (χ4n) is 5.50. The zero-order chi connectivity index (χ0) is 25.9. The molecule has 3 N–H and O–H groups in total. The highest BCUT2D eigenvalue weighted by atomic mass is 16.4. The van der Waals surface area contributed by atoms with Gasteiger partial charge in [-0.3, -0.25) is 4.98 Å². The third-order valence-electron chi connectivity index (χ3n) is 7.74. The topological polar surface area (TPSA) is 94.7 Å². The minimum absolute atomic E-state index is 0.211. The Morgan fingerprint density at radius 1 is 1.03 bits per heavy atom. The molecule has 184 valence electrons. The minimum atomic E-state index is -0.965. The molecule has 0 saturated heterocycles. The number of aromatic amines is 2. The number of aromatic nitrogens is 4. The number of hydrogen-bond acceptors (Lipinski definition) is 3. The molecule has 1 atom stereocenters. The second kappa shape index (κ2) is 8.63. The molecule has 5 rings (SSSR count). The van der Waals surface area contributed by atoms with Crippen LogP contribution in [0.4, 0.5) is 0 Å². The van der Waals surface area contributed by atoms with Gasteiger partial charge in [0, 0.05) is 44.9 Å². The van der Waals surface area contributed by atoms with Gasteiger partial charge in [0.2, 0.25) is 0 Å². The average molecular weight is 481 g/mol.